The molecule has 1 aromatic carbocycles. The number of benzene rings is 1. The average molecular weight is 290 g/mol. The Morgan fingerprint density at radius 1 is 1.20 bits per heavy atom. The lowest BCUT2D eigenvalue weighted by Crippen LogP contribution is -2.18. The van der Waals surface area contributed by atoms with Crippen LogP contribution in [0.3, 0.4) is 0 Å². The molecule has 0 fully saturated rings. The van der Waals surface area contributed by atoms with Crippen molar-refractivity contribution in [2.75, 3.05) is 7.11 Å². The molecule has 0 unspecified atom stereocenters. The first-order valence-electron chi connectivity index (χ1n) is 6.61. The third kappa shape index (κ3) is 3.36. The summed E-state index contributed by atoms with van der Waals surface area (Å²) in [7, 11) is 1.64. The first-order chi connectivity index (χ1) is 9.63. The van der Waals surface area contributed by atoms with Crippen LogP contribution in [0.25, 0.3) is 0 Å². The number of aromatic nitrogens is 2. The second-order valence-electron chi connectivity index (χ2n) is 4.64. The lowest BCUT2D eigenvalue weighted by Gasteiger charge is -2.08. The normalized spacial score (nSPS) is 10.5. The Morgan fingerprint density at radius 2 is 1.90 bits per heavy atom. The first kappa shape index (κ1) is 14.5. The predicted molar refractivity (Wildman–Crippen MR) is 82.0 cm³/mol. The third-order valence-corrected chi connectivity index (χ3v) is 3.37. The van der Waals surface area contributed by atoms with Gasteiger partial charge in [-0.05, 0) is 36.3 Å². The van der Waals surface area contributed by atoms with Gasteiger partial charge in [0.05, 0.1) is 7.11 Å². The minimum atomic E-state index is -0.104. The van der Waals surface area contributed by atoms with Crippen LogP contribution in [0.5, 0.6) is 5.75 Å². The maximum Gasteiger partial charge on any atom is 0.255 e. The van der Waals surface area contributed by atoms with E-state index in [1.807, 2.05) is 24.3 Å². The van der Waals surface area contributed by atoms with Crippen LogP contribution in [0.4, 0.5) is 0 Å². The minimum Gasteiger partial charge on any atom is -0.497 e. The van der Waals surface area contributed by atoms with Gasteiger partial charge in [-0.15, -0.1) is 0 Å². The van der Waals surface area contributed by atoms with Crippen molar-refractivity contribution in [3.05, 3.63) is 56.2 Å². The van der Waals surface area contributed by atoms with Crippen molar-refractivity contribution in [1.82, 2.24) is 9.97 Å². The van der Waals surface area contributed by atoms with Gasteiger partial charge in [0, 0.05) is 17.7 Å². The third-order valence-electron chi connectivity index (χ3n) is 3.17. The van der Waals surface area contributed by atoms with Gasteiger partial charge < -0.3 is 9.72 Å². The molecule has 2 N–H and O–H groups in total. The van der Waals surface area contributed by atoms with Crippen LogP contribution in [-0.4, -0.2) is 17.1 Å². The van der Waals surface area contributed by atoms with Crippen molar-refractivity contribution in [2.45, 2.75) is 26.2 Å². The second kappa shape index (κ2) is 6.52. The molecule has 0 bridgehead atoms. The molecule has 0 spiro atoms. The van der Waals surface area contributed by atoms with E-state index in [9.17, 15) is 4.79 Å². The molecule has 20 heavy (non-hydrogen) atoms. The standard InChI is InChI=1S/C15H18N2O2S/c1-3-4-13-12(14(18)17-15(20)16-13)9-10-5-7-11(19-2)8-6-10/h5-8H,3-4,9H2,1-2H3,(H2,16,17,18,20). The summed E-state index contributed by atoms with van der Waals surface area (Å²) in [5, 5.41) is 0. The van der Waals surface area contributed by atoms with E-state index in [0.717, 1.165) is 35.4 Å². The number of methoxy groups -OCH3 is 1. The lowest BCUT2D eigenvalue weighted by molar-refractivity contribution is 0.414. The van der Waals surface area contributed by atoms with Crippen LogP contribution in [-0.2, 0) is 12.8 Å². The van der Waals surface area contributed by atoms with E-state index in [1.54, 1.807) is 7.11 Å². The summed E-state index contributed by atoms with van der Waals surface area (Å²) >= 11 is 5.03. The van der Waals surface area contributed by atoms with Crippen molar-refractivity contribution in [3.8, 4) is 5.75 Å². The van der Waals surface area contributed by atoms with Gasteiger partial charge in [0.2, 0.25) is 0 Å². The lowest BCUT2D eigenvalue weighted by atomic mass is 10.0. The van der Waals surface area contributed by atoms with E-state index in [4.69, 9.17) is 17.0 Å². The Morgan fingerprint density at radius 3 is 2.50 bits per heavy atom. The molecule has 0 aliphatic heterocycles. The number of nitrogens with one attached hydrogen (secondary N) is 2. The SMILES string of the molecule is CCCc1[nH]c(=S)[nH]c(=O)c1Cc1ccc(OC)cc1. The molecule has 1 heterocycles. The fourth-order valence-electron chi connectivity index (χ4n) is 2.16. The number of hydrogen-bond acceptors (Lipinski definition) is 3. The molecule has 5 heteroatoms. The maximum absolute atomic E-state index is 12.1. The largest absolute Gasteiger partial charge is 0.497 e. The van der Waals surface area contributed by atoms with Gasteiger partial charge in [0.15, 0.2) is 4.77 Å². The second-order valence-corrected chi connectivity index (χ2v) is 5.05. The molecule has 0 radical (unpaired) electrons. The summed E-state index contributed by atoms with van der Waals surface area (Å²) in [5.41, 5.74) is 2.65. The number of aryl methyl sites for hydroxylation is 1. The Balaban J connectivity index is 2.36. The smallest absolute Gasteiger partial charge is 0.255 e. The van der Waals surface area contributed by atoms with Crippen molar-refractivity contribution in [2.24, 2.45) is 0 Å². The van der Waals surface area contributed by atoms with Crippen molar-refractivity contribution in [1.29, 1.82) is 0 Å². The number of hydrogen-bond donors (Lipinski definition) is 2. The van der Waals surface area contributed by atoms with Crippen LogP contribution in [0.15, 0.2) is 29.1 Å². The van der Waals surface area contributed by atoms with Crippen LogP contribution in [0.1, 0.15) is 30.2 Å². The molecule has 2 rings (SSSR count). The number of ether oxygens (including phenoxy) is 1. The Bertz CT molecular complexity index is 686. The van der Waals surface area contributed by atoms with Crippen molar-refractivity contribution in [3.63, 3.8) is 0 Å². The number of rotatable bonds is 5. The number of aromatic amines is 2. The van der Waals surface area contributed by atoms with E-state index >= 15 is 0 Å². The zero-order chi connectivity index (χ0) is 14.5. The highest BCUT2D eigenvalue weighted by Crippen LogP contribution is 2.15. The Labute approximate surface area is 122 Å². The van der Waals surface area contributed by atoms with Gasteiger partial charge in [0.1, 0.15) is 5.75 Å². The highest BCUT2D eigenvalue weighted by atomic mass is 32.1. The van der Waals surface area contributed by atoms with Crippen LogP contribution < -0.4 is 10.3 Å². The first-order valence-corrected chi connectivity index (χ1v) is 7.02. The summed E-state index contributed by atoms with van der Waals surface area (Å²) in [6.07, 6.45) is 2.37. The minimum absolute atomic E-state index is 0.104. The van der Waals surface area contributed by atoms with Crippen molar-refractivity contribution >= 4 is 12.2 Å². The molecule has 1 aromatic heterocycles. The monoisotopic (exact) mass is 290 g/mol. The molecular weight excluding hydrogens is 272 g/mol. The Kier molecular flexibility index (Phi) is 4.74. The van der Waals surface area contributed by atoms with Crippen LogP contribution in [0, 0.1) is 4.77 Å². The topological polar surface area (TPSA) is 57.9 Å². The summed E-state index contributed by atoms with van der Waals surface area (Å²) in [6.45, 7) is 2.08. The predicted octanol–water partition coefficient (Wildman–Crippen LogP) is 2.98. The molecular formula is C15H18N2O2S. The molecule has 0 saturated carbocycles. The number of H-pyrrole nitrogens is 2. The highest BCUT2D eigenvalue weighted by molar-refractivity contribution is 7.71. The van der Waals surface area contributed by atoms with Gasteiger partial charge in [-0.25, -0.2) is 0 Å². The van der Waals surface area contributed by atoms with Crippen LogP contribution in [0.2, 0.25) is 0 Å². The van der Waals surface area contributed by atoms with Gasteiger partial charge in [0.25, 0.3) is 5.56 Å². The van der Waals surface area contributed by atoms with Gasteiger partial charge in [-0.3, -0.25) is 9.78 Å². The summed E-state index contributed by atoms with van der Waals surface area (Å²) in [5.74, 6) is 0.809. The summed E-state index contributed by atoms with van der Waals surface area (Å²) < 4.78 is 5.52. The van der Waals surface area contributed by atoms with Gasteiger partial charge in [-0.2, -0.15) is 0 Å². The van der Waals surface area contributed by atoms with Crippen molar-refractivity contribution < 1.29 is 4.74 Å². The average Bonchev–Trinajstić information content (AvgIpc) is 2.43. The van der Waals surface area contributed by atoms with Crippen LogP contribution >= 0.6 is 12.2 Å². The summed E-state index contributed by atoms with van der Waals surface area (Å²) in [4.78, 5) is 17.9. The molecule has 4 nitrogen and oxygen atoms in total. The van der Waals surface area contributed by atoms with E-state index in [-0.39, 0.29) is 5.56 Å². The van der Waals surface area contributed by atoms with E-state index in [1.165, 1.54) is 0 Å². The molecule has 106 valence electrons. The van der Waals surface area contributed by atoms with Gasteiger partial charge >= 0.3 is 0 Å². The molecule has 0 aliphatic carbocycles. The Hall–Kier alpha value is -1.88. The zero-order valence-electron chi connectivity index (χ0n) is 11.7. The van der Waals surface area contributed by atoms with E-state index < -0.39 is 0 Å². The van der Waals surface area contributed by atoms with E-state index in [0.29, 0.717) is 11.2 Å². The maximum atomic E-state index is 12.1. The zero-order valence-corrected chi connectivity index (χ0v) is 12.5. The molecule has 2 aromatic rings. The van der Waals surface area contributed by atoms with Gasteiger partial charge in [-0.1, -0.05) is 25.5 Å². The fraction of sp³-hybridized carbons (Fsp3) is 0.333. The molecule has 0 atom stereocenters. The van der Waals surface area contributed by atoms with E-state index in [2.05, 4.69) is 16.9 Å². The fourth-order valence-corrected chi connectivity index (χ4v) is 2.37. The summed E-state index contributed by atoms with van der Waals surface area (Å²) in [6, 6.07) is 7.73. The quantitative estimate of drug-likeness (QED) is 0.832. The molecule has 0 aliphatic rings. The molecule has 0 saturated heterocycles. The molecule has 0 amide bonds. The highest BCUT2D eigenvalue weighted by Gasteiger charge is 2.09.